The largest absolute Gasteiger partial charge is 0.459 e. The van der Waals surface area contributed by atoms with Crippen LogP contribution in [0.1, 0.15) is 51.2 Å². The lowest BCUT2D eigenvalue weighted by Gasteiger charge is -2.45. The van der Waals surface area contributed by atoms with Crippen LogP contribution >= 0.6 is 0 Å². The number of likely N-dealkylation sites (tertiary alicyclic amines) is 1. The van der Waals surface area contributed by atoms with Crippen molar-refractivity contribution in [3.05, 3.63) is 72.2 Å². The maximum absolute atomic E-state index is 13.2. The summed E-state index contributed by atoms with van der Waals surface area (Å²) in [5.74, 6) is 1.65. The summed E-state index contributed by atoms with van der Waals surface area (Å²) in [4.78, 5) is 17.8. The molecule has 1 atom stereocenters. The maximum Gasteiger partial charge on any atom is 0.247 e. The molecule has 1 N–H and O–H groups in total. The summed E-state index contributed by atoms with van der Waals surface area (Å²) in [6, 6.07) is 20.0. The van der Waals surface area contributed by atoms with Crippen LogP contribution in [0.25, 0.3) is 11.0 Å². The molecular formula is C27H31N7O2. The molecule has 2 aliphatic heterocycles. The molecule has 4 aromatic rings. The molecular weight excluding hydrogens is 454 g/mol. The van der Waals surface area contributed by atoms with Crippen LogP contribution in [-0.4, -0.2) is 56.3 Å². The number of amides is 1. The molecule has 1 spiro atoms. The van der Waals surface area contributed by atoms with Gasteiger partial charge in [0.25, 0.3) is 0 Å². The van der Waals surface area contributed by atoms with E-state index in [1.807, 2.05) is 41.1 Å². The van der Waals surface area contributed by atoms with Crippen molar-refractivity contribution in [2.45, 2.75) is 50.7 Å². The van der Waals surface area contributed by atoms with E-state index >= 15 is 0 Å². The number of nitrogens with one attached hydrogen (secondary N) is 1. The molecule has 0 saturated carbocycles. The predicted octanol–water partition coefficient (Wildman–Crippen LogP) is 3.69. The van der Waals surface area contributed by atoms with Crippen molar-refractivity contribution < 1.29 is 9.21 Å². The summed E-state index contributed by atoms with van der Waals surface area (Å²) in [7, 11) is 0. The van der Waals surface area contributed by atoms with E-state index in [2.05, 4.69) is 75.7 Å². The van der Waals surface area contributed by atoms with E-state index in [9.17, 15) is 4.79 Å². The number of hydrogen-bond donors (Lipinski definition) is 1. The number of carbonyl (C=O) groups excluding carboxylic acids is 1. The average molecular weight is 486 g/mol. The standard InChI is InChI=1S/C27H31N7O2/c1-26(2,3)34-24(29-30-31-34)23(22-17-19-9-7-8-12-21(19)36-22)32-15-13-27(14-16-32)25(35)28-18-33(27)20-10-5-4-6-11-20/h4-12,17,23H,13-16,18H2,1-3H3,(H,28,35). The Labute approximate surface area is 210 Å². The third-order valence-electron chi connectivity index (χ3n) is 7.48. The first-order chi connectivity index (χ1) is 17.4. The predicted molar refractivity (Wildman–Crippen MR) is 136 cm³/mol. The van der Waals surface area contributed by atoms with Gasteiger partial charge in [-0.05, 0) is 68.3 Å². The lowest BCUT2D eigenvalue weighted by Crippen LogP contribution is -2.57. The first kappa shape index (κ1) is 22.7. The number of benzene rings is 2. The summed E-state index contributed by atoms with van der Waals surface area (Å²) in [6.07, 6.45) is 1.39. The van der Waals surface area contributed by atoms with E-state index in [-0.39, 0.29) is 17.5 Å². The molecule has 9 heteroatoms. The van der Waals surface area contributed by atoms with Gasteiger partial charge in [0.2, 0.25) is 5.91 Å². The molecule has 0 bridgehead atoms. The number of aromatic nitrogens is 4. The SMILES string of the molecule is CC(C)(C)n1nnnc1C(c1cc2ccccc2o1)N1CCC2(CC1)C(=O)NCN2c1ccccc1. The van der Waals surface area contributed by atoms with Gasteiger partial charge < -0.3 is 14.6 Å². The third kappa shape index (κ3) is 3.65. The fraction of sp³-hybridized carbons (Fsp3) is 0.407. The van der Waals surface area contributed by atoms with Gasteiger partial charge >= 0.3 is 0 Å². The van der Waals surface area contributed by atoms with E-state index in [0.717, 1.165) is 28.2 Å². The lowest BCUT2D eigenvalue weighted by molar-refractivity contribution is -0.125. The van der Waals surface area contributed by atoms with Crippen LogP contribution in [0.2, 0.25) is 0 Å². The Balaban J connectivity index is 1.36. The van der Waals surface area contributed by atoms with Gasteiger partial charge in [-0.15, -0.1) is 5.10 Å². The van der Waals surface area contributed by atoms with Gasteiger partial charge in [-0.1, -0.05) is 36.4 Å². The van der Waals surface area contributed by atoms with Crippen molar-refractivity contribution in [3.63, 3.8) is 0 Å². The highest BCUT2D eigenvalue weighted by Crippen LogP contribution is 2.40. The topological polar surface area (TPSA) is 92.3 Å². The first-order valence-corrected chi connectivity index (χ1v) is 12.5. The van der Waals surface area contributed by atoms with Crippen LogP contribution in [-0.2, 0) is 10.3 Å². The first-order valence-electron chi connectivity index (χ1n) is 12.5. The molecule has 2 aromatic heterocycles. The molecule has 36 heavy (non-hydrogen) atoms. The maximum atomic E-state index is 13.2. The molecule has 9 nitrogen and oxygen atoms in total. The van der Waals surface area contributed by atoms with Crippen molar-refractivity contribution in [1.29, 1.82) is 0 Å². The number of para-hydroxylation sites is 2. The molecule has 2 aromatic carbocycles. The molecule has 2 saturated heterocycles. The van der Waals surface area contributed by atoms with Crippen molar-refractivity contribution in [2.24, 2.45) is 0 Å². The van der Waals surface area contributed by atoms with Gasteiger partial charge in [0.1, 0.15) is 22.9 Å². The minimum absolute atomic E-state index is 0.103. The fourth-order valence-electron chi connectivity index (χ4n) is 5.63. The highest BCUT2D eigenvalue weighted by molar-refractivity contribution is 5.93. The minimum Gasteiger partial charge on any atom is -0.459 e. The van der Waals surface area contributed by atoms with Gasteiger partial charge in [0.05, 0.1) is 12.2 Å². The summed E-state index contributed by atoms with van der Waals surface area (Å²) in [5, 5.41) is 17.0. The Bertz CT molecular complexity index is 1350. The Morgan fingerprint density at radius 3 is 2.47 bits per heavy atom. The number of nitrogens with zero attached hydrogens (tertiary/aromatic N) is 6. The number of carbonyl (C=O) groups is 1. The van der Waals surface area contributed by atoms with Crippen LogP contribution in [0.3, 0.4) is 0 Å². The van der Waals surface area contributed by atoms with Crippen LogP contribution in [0.5, 0.6) is 0 Å². The van der Waals surface area contributed by atoms with E-state index in [0.29, 0.717) is 32.6 Å². The Hall–Kier alpha value is -3.72. The second-order valence-electron chi connectivity index (χ2n) is 10.7. The Morgan fingerprint density at radius 1 is 1.03 bits per heavy atom. The molecule has 0 radical (unpaired) electrons. The van der Waals surface area contributed by atoms with Crippen molar-refractivity contribution in [1.82, 2.24) is 30.4 Å². The molecule has 4 heterocycles. The second kappa shape index (κ2) is 8.44. The Kier molecular flexibility index (Phi) is 5.33. The Morgan fingerprint density at radius 2 is 1.75 bits per heavy atom. The molecule has 1 unspecified atom stereocenters. The number of hydrogen-bond acceptors (Lipinski definition) is 7. The van der Waals surface area contributed by atoms with Crippen molar-refractivity contribution in [3.8, 4) is 0 Å². The van der Waals surface area contributed by atoms with Gasteiger partial charge in [-0.25, -0.2) is 4.68 Å². The minimum atomic E-state index is -0.563. The van der Waals surface area contributed by atoms with E-state index in [4.69, 9.17) is 4.42 Å². The summed E-state index contributed by atoms with van der Waals surface area (Å²) < 4.78 is 8.25. The zero-order valence-corrected chi connectivity index (χ0v) is 20.9. The molecule has 186 valence electrons. The van der Waals surface area contributed by atoms with Crippen molar-refractivity contribution in [2.75, 3.05) is 24.7 Å². The number of rotatable bonds is 4. The highest BCUT2D eigenvalue weighted by Gasteiger charge is 2.51. The van der Waals surface area contributed by atoms with Crippen LogP contribution < -0.4 is 10.2 Å². The molecule has 2 fully saturated rings. The molecule has 0 aliphatic carbocycles. The summed E-state index contributed by atoms with van der Waals surface area (Å²) in [6.45, 7) is 8.21. The molecule has 2 aliphatic rings. The molecule has 1 amide bonds. The zero-order chi connectivity index (χ0) is 24.9. The highest BCUT2D eigenvalue weighted by atomic mass is 16.3. The second-order valence-corrected chi connectivity index (χ2v) is 10.7. The van der Waals surface area contributed by atoms with Crippen molar-refractivity contribution >= 4 is 22.6 Å². The van der Waals surface area contributed by atoms with Gasteiger partial charge in [0.15, 0.2) is 5.82 Å². The molecule has 6 rings (SSSR count). The van der Waals surface area contributed by atoms with E-state index in [1.165, 1.54) is 0 Å². The van der Waals surface area contributed by atoms with Gasteiger partial charge in [0, 0.05) is 24.2 Å². The third-order valence-corrected chi connectivity index (χ3v) is 7.48. The van der Waals surface area contributed by atoms with E-state index in [1.54, 1.807) is 0 Å². The summed E-state index contributed by atoms with van der Waals surface area (Å²) in [5.41, 5.74) is 1.04. The normalized spacial score (nSPS) is 19.2. The van der Waals surface area contributed by atoms with Gasteiger partial charge in [-0.2, -0.15) is 0 Å². The quantitative estimate of drug-likeness (QED) is 0.471. The van der Waals surface area contributed by atoms with Crippen LogP contribution in [0.15, 0.2) is 65.1 Å². The zero-order valence-electron chi connectivity index (χ0n) is 20.9. The van der Waals surface area contributed by atoms with E-state index < -0.39 is 5.54 Å². The summed E-state index contributed by atoms with van der Waals surface area (Å²) >= 11 is 0. The average Bonchev–Trinajstić information content (AvgIpc) is 3.59. The number of furan rings is 1. The number of anilines is 1. The monoisotopic (exact) mass is 485 g/mol. The fourth-order valence-corrected chi connectivity index (χ4v) is 5.63. The van der Waals surface area contributed by atoms with Crippen LogP contribution in [0, 0.1) is 0 Å². The number of piperidine rings is 1. The van der Waals surface area contributed by atoms with Gasteiger partial charge in [-0.3, -0.25) is 9.69 Å². The smallest absolute Gasteiger partial charge is 0.247 e. The lowest BCUT2D eigenvalue weighted by atomic mass is 9.85. The number of fused-ring (bicyclic) bond motifs is 1. The van der Waals surface area contributed by atoms with Crippen LogP contribution in [0.4, 0.5) is 5.69 Å². The number of tetrazole rings is 1.